The van der Waals surface area contributed by atoms with Crippen LogP contribution in [0.1, 0.15) is 15.2 Å². The Bertz CT molecular complexity index is 565. The van der Waals surface area contributed by atoms with E-state index in [4.69, 9.17) is 10.5 Å². The van der Waals surface area contributed by atoms with Crippen molar-refractivity contribution >= 4 is 43.3 Å². The van der Waals surface area contributed by atoms with Crippen LogP contribution in [-0.2, 0) is 6.42 Å². The SMILES string of the molecule is COc1c(C(N)=O)sc2cccc(CCBr)c12. The summed E-state index contributed by atoms with van der Waals surface area (Å²) in [4.78, 5) is 11.9. The summed E-state index contributed by atoms with van der Waals surface area (Å²) in [6.45, 7) is 0. The Kier molecular flexibility index (Phi) is 3.69. The fourth-order valence-electron chi connectivity index (χ4n) is 1.86. The van der Waals surface area contributed by atoms with Gasteiger partial charge in [0.1, 0.15) is 4.88 Å². The molecule has 0 saturated carbocycles. The van der Waals surface area contributed by atoms with Gasteiger partial charge >= 0.3 is 0 Å². The molecule has 0 atom stereocenters. The number of methoxy groups -OCH3 is 1. The average molecular weight is 314 g/mol. The van der Waals surface area contributed by atoms with Gasteiger partial charge in [-0.3, -0.25) is 4.79 Å². The number of amides is 1. The molecule has 2 rings (SSSR count). The zero-order valence-corrected chi connectivity index (χ0v) is 11.7. The van der Waals surface area contributed by atoms with Crippen LogP contribution in [0.15, 0.2) is 18.2 Å². The van der Waals surface area contributed by atoms with Gasteiger partial charge in [-0.05, 0) is 18.1 Å². The molecule has 0 unspecified atom stereocenters. The number of benzene rings is 1. The Morgan fingerprint density at radius 3 is 2.88 bits per heavy atom. The molecule has 0 saturated heterocycles. The van der Waals surface area contributed by atoms with Gasteiger partial charge in [0.2, 0.25) is 0 Å². The number of halogens is 1. The minimum absolute atomic E-state index is 0.437. The molecule has 0 spiro atoms. The van der Waals surface area contributed by atoms with Crippen molar-refractivity contribution in [1.29, 1.82) is 0 Å². The first-order valence-corrected chi connectivity index (χ1v) is 7.07. The van der Waals surface area contributed by atoms with Crippen molar-refractivity contribution in [2.24, 2.45) is 5.73 Å². The van der Waals surface area contributed by atoms with Crippen LogP contribution < -0.4 is 10.5 Å². The molecule has 3 nitrogen and oxygen atoms in total. The second-order valence-corrected chi connectivity index (χ2v) is 5.40. The zero-order valence-electron chi connectivity index (χ0n) is 9.33. The number of thiophene rings is 1. The zero-order chi connectivity index (χ0) is 12.4. The number of hydrogen-bond acceptors (Lipinski definition) is 3. The van der Waals surface area contributed by atoms with E-state index in [-0.39, 0.29) is 0 Å². The summed E-state index contributed by atoms with van der Waals surface area (Å²) >= 11 is 4.81. The Hall–Kier alpha value is -1.07. The predicted molar refractivity (Wildman–Crippen MR) is 74.4 cm³/mol. The van der Waals surface area contributed by atoms with Crippen molar-refractivity contribution in [3.05, 3.63) is 28.6 Å². The monoisotopic (exact) mass is 313 g/mol. The van der Waals surface area contributed by atoms with Crippen molar-refractivity contribution in [2.75, 3.05) is 12.4 Å². The lowest BCUT2D eigenvalue weighted by atomic mass is 10.1. The minimum atomic E-state index is -0.437. The number of nitrogens with two attached hydrogens (primary N) is 1. The third kappa shape index (κ3) is 2.17. The highest BCUT2D eigenvalue weighted by Gasteiger charge is 2.18. The standard InChI is InChI=1S/C12H12BrNO2S/c1-16-10-9-7(5-6-13)3-2-4-8(9)17-11(10)12(14)15/h2-4H,5-6H2,1H3,(H2,14,15). The van der Waals surface area contributed by atoms with Crippen molar-refractivity contribution < 1.29 is 9.53 Å². The second-order valence-electron chi connectivity index (χ2n) is 3.56. The summed E-state index contributed by atoms with van der Waals surface area (Å²) in [7, 11) is 1.57. The molecule has 90 valence electrons. The highest BCUT2D eigenvalue weighted by atomic mass is 79.9. The van der Waals surface area contributed by atoms with Gasteiger partial charge in [0.05, 0.1) is 7.11 Å². The number of hydrogen-bond donors (Lipinski definition) is 1. The van der Waals surface area contributed by atoms with Crippen molar-refractivity contribution in [1.82, 2.24) is 0 Å². The van der Waals surface area contributed by atoms with Crippen molar-refractivity contribution in [3.63, 3.8) is 0 Å². The van der Waals surface area contributed by atoms with Crippen LogP contribution in [-0.4, -0.2) is 18.3 Å². The lowest BCUT2D eigenvalue weighted by Gasteiger charge is -2.04. The summed E-state index contributed by atoms with van der Waals surface area (Å²) in [5, 5.41) is 1.88. The van der Waals surface area contributed by atoms with Crippen LogP contribution in [0.2, 0.25) is 0 Å². The fraction of sp³-hybridized carbons (Fsp3) is 0.250. The summed E-state index contributed by atoms with van der Waals surface area (Å²) in [6.07, 6.45) is 0.892. The maximum atomic E-state index is 11.4. The van der Waals surface area contributed by atoms with Gasteiger partial charge in [0.25, 0.3) is 5.91 Å². The lowest BCUT2D eigenvalue weighted by Crippen LogP contribution is -2.09. The predicted octanol–water partition coefficient (Wildman–Crippen LogP) is 2.95. The van der Waals surface area contributed by atoms with Crippen LogP contribution in [0.4, 0.5) is 0 Å². The number of carbonyl (C=O) groups is 1. The molecule has 17 heavy (non-hydrogen) atoms. The third-order valence-corrected chi connectivity index (χ3v) is 4.10. The Labute approximate surface area is 112 Å². The maximum absolute atomic E-state index is 11.4. The maximum Gasteiger partial charge on any atom is 0.262 e. The van der Waals surface area contributed by atoms with Crippen LogP contribution in [0.3, 0.4) is 0 Å². The van der Waals surface area contributed by atoms with E-state index in [1.54, 1.807) is 7.11 Å². The fourth-order valence-corrected chi connectivity index (χ4v) is 3.35. The molecular weight excluding hydrogens is 302 g/mol. The molecular formula is C12H12BrNO2S. The van der Waals surface area contributed by atoms with Gasteiger partial charge in [0, 0.05) is 15.4 Å². The first-order chi connectivity index (χ1) is 8.19. The smallest absolute Gasteiger partial charge is 0.262 e. The summed E-state index contributed by atoms with van der Waals surface area (Å²) < 4.78 is 6.38. The Balaban J connectivity index is 2.74. The van der Waals surface area contributed by atoms with Gasteiger partial charge in [0.15, 0.2) is 5.75 Å². The molecule has 0 bridgehead atoms. The van der Waals surface area contributed by atoms with E-state index < -0.39 is 5.91 Å². The van der Waals surface area contributed by atoms with Crippen LogP contribution in [0, 0.1) is 0 Å². The van der Waals surface area contributed by atoms with E-state index in [1.165, 1.54) is 16.9 Å². The molecule has 0 aliphatic heterocycles. The summed E-state index contributed by atoms with van der Waals surface area (Å²) in [6, 6.07) is 6.01. The first-order valence-electron chi connectivity index (χ1n) is 5.13. The number of carbonyl (C=O) groups excluding carboxylic acids is 1. The molecule has 0 aliphatic carbocycles. The van der Waals surface area contributed by atoms with Crippen molar-refractivity contribution in [2.45, 2.75) is 6.42 Å². The molecule has 2 aromatic rings. The van der Waals surface area contributed by atoms with Gasteiger partial charge < -0.3 is 10.5 Å². The van der Waals surface area contributed by atoms with Crippen LogP contribution in [0.5, 0.6) is 5.75 Å². The Morgan fingerprint density at radius 1 is 1.53 bits per heavy atom. The number of primary amides is 1. The third-order valence-electron chi connectivity index (χ3n) is 2.55. The molecule has 5 heteroatoms. The minimum Gasteiger partial charge on any atom is -0.494 e. The largest absolute Gasteiger partial charge is 0.494 e. The highest BCUT2D eigenvalue weighted by molar-refractivity contribution is 9.09. The lowest BCUT2D eigenvalue weighted by molar-refractivity contribution is 0.100. The molecule has 0 aliphatic rings. The average Bonchev–Trinajstić information content (AvgIpc) is 2.69. The molecule has 0 fully saturated rings. The number of ether oxygens (including phenoxy) is 1. The number of rotatable bonds is 4. The number of fused-ring (bicyclic) bond motifs is 1. The number of aryl methyl sites for hydroxylation is 1. The van der Waals surface area contributed by atoms with Gasteiger partial charge in [-0.1, -0.05) is 28.1 Å². The normalized spacial score (nSPS) is 10.7. The van der Waals surface area contributed by atoms with Gasteiger partial charge in [-0.25, -0.2) is 0 Å². The first kappa shape index (κ1) is 12.4. The topological polar surface area (TPSA) is 52.3 Å². The van der Waals surface area contributed by atoms with E-state index >= 15 is 0 Å². The Morgan fingerprint density at radius 2 is 2.29 bits per heavy atom. The molecule has 1 amide bonds. The molecule has 1 aromatic heterocycles. The second kappa shape index (κ2) is 5.06. The molecule has 1 aromatic carbocycles. The summed E-state index contributed by atoms with van der Waals surface area (Å²) in [5.41, 5.74) is 6.53. The van der Waals surface area contributed by atoms with E-state index in [2.05, 4.69) is 15.9 Å². The molecule has 2 N–H and O–H groups in total. The van der Waals surface area contributed by atoms with Crippen LogP contribution >= 0.6 is 27.3 Å². The van der Waals surface area contributed by atoms with E-state index in [0.29, 0.717) is 10.6 Å². The van der Waals surface area contributed by atoms with Crippen LogP contribution in [0.25, 0.3) is 10.1 Å². The van der Waals surface area contributed by atoms with Gasteiger partial charge in [-0.15, -0.1) is 11.3 Å². The van der Waals surface area contributed by atoms with Gasteiger partial charge in [-0.2, -0.15) is 0 Å². The number of alkyl halides is 1. The molecule has 0 radical (unpaired) electrons. The van der Waals surface area contributed by atoms with E-state index in [0.717, 1.165) is 21.8 Å². The van der Waals surface area contributed by atoms with Crippen molar-refractivity contribution in [3.8, 4) is 5.75 Å². The van der Waals surface area contributed by atoms with E-state index in [9.17, 15) is 4.79 Å². The quantitative estimate of drug-likeness (QED) is 0.882. The highest BCUT2D eigenvalue weighted by Crippen LogP contribution is 2.39. The summed E-state index contributed by atoms with van der Waals surface area (Å²) in [5.74, 6) is 0.168. The van der Waals surface area contributed by atoms with E-state index in [1.807, 2.05) is 18.2 Å². The molecule has 1 heterocycles.